The normalized spacial score (nSPS) is 18.8. The lowest BCUT2D eigenvalue weighted by Gasteiger charge is -2.19. The van der Waals surface area contributed by atoms with Crippen LogP contribution in [0.4, 0.5) is 10.5 Å². The molecule has 28 heavy (non-hydrogen) atoms. The average Bonchev–Trinajstić information content (AvgIpc) is 3.32. The first-order valence-electron chi connectivity index (χ1n) is 9.27. The summed E-state index contributed by atoms with van der Waals surface area (Å²) in [6.45, 7) is 5.04. The van der Waals surface area contributed by atoms with Crippen molar-refractivity contribution in [2.24, 2.45) is 0 Å². The van der Waals surface area contributed by atoms with Crippen LogP contribution in [0.2, 0.25) is 0 Å². The number of carbonyl (C=O) groups excluding carboxylic acids is 1. The van der Waals surface area contributed by atoms with Gasteiger partial charge < -0.3 is 20.1 Å². The molecule has 0 radical (unpaired) electrons. The zero-order valence-corrected chi connectivity index (χ0v) is 16.3. The summed E-state index contributed by atoms with van der Waals surface area (Å²) in [5.74, 6) is 0. The van der Waals surface area contributed by atoms with Crippen molar-refractivity contribution in [3.05, 3.63) is 47.3 Å². The molecule has 1 saturated heterocycles. The number of carbonyl (C=O) groups is 1. The van der Waals surface area contributed by atoms with Gasteiger partial charge >= 0.3 is 6.03 Å². The third-order valence-electron chi connectivity index (χ3n) is 4.68. The third-order valence-corrected chi connectivity index (χ3v) is 4.68. The molecule has 0 unspecified atom stereocenters. The van der Waals surface area contributed by atoms with Gasteiger partial charge in [-0.2, -0.15) is 10.4 Å². The summed E-state index contributed by atoms with van der Waals surface area (Å²) in [6.07, 6.45) is 4.25. The van der Waals surface area contributed by atoms with E-state index in [2.05, 4.69) is 35.6 Å². The number of nitrogens with one attached hydrogen (secondary N) is 2. The molecule has 8 nitrogen and oxygen atoms in total. The predicted molar refractivity (Wildman–Crippen MR) is 104 cm³/mol. The van der Waals surface area contributed by atoms with Gasteiger partial charge in [0.05, 0.1) is 30.5 Å². The van der Waals surface area contributed by atoms with Crippen LogP contribution < -0.4 is 10.6 Å². The van der Waals surface area contributed by atoms with Crippen molar-refractivity contribution in [2.45, 2.75) is 45.1 Å². The smallest absolute Gasteiger partial charge is 0.319 e. The number of urea groups is 1. The molecule has 2 amide bonds. The standard InChI is InChI=1S/C20H25N5O3/c1-13(2)25-11-16(10-22-25)19-18(6-7-28-19)24-20(26)23-17-5-4-14(12-27-3)15(8-17)9-21/h4-5,8,10-11,13,18-19H,6-7,12H2,1-3H3,(H2,23,24,26)/t18-,19+/m1/s1. The Morgan fingerprint density at radius 1 is 1.50 bits per heavy atom. The quantitative estimate of drug-likeness (QED) is 0.798. The van der Waals surface area contributed by atoms with Gasteiger partial charge in [-0.1, -0.05) is 6.07 Å². The molecule has 1 aliphatic rings. The van der Waals surface area contributed by atoms with Gasteiger partial charge in [0, 0.05) is 37.2 Å². The molecule has 0 spiro atoms. The molecule has 0 aliphatic carbocycles. The van der Waals surface area contributed by atoms with E-state index in [-0.39, 0.29) is 24.2 Å². The van der Waals surface area contributed by atoms with Gasteiger partial charge in [-0.15, -0.1) is 0 Å². The minimum Gasteiger partial charge on any atom is -0.380 e. The summed E-state index contributed by atoms with van der Waals surface area (Å²) >= 11 is 0. The van der Waals surface area contributed by atoms with Crippen LogP contribution in [-0.2, 0) is 16.1 Å². The Balaban J connectivity index is 1.64. The van der Waals surface area contributed by atoms with Crippen LogP contribution in [0.1, 0.15) is 49.1 Å². The van der Waals surface area contributed by atoms with Gasteiger partial charge in [0.2, 0.25) is 0 Å². The Hall–Kier alpha value is -2.89. The van der Waals surface area contributed by atoms with Gasteiger partial charge in [-0.3, -0.25) is 4.68 Å². The number of hydrogen-bond acceptors (Lipinski definition) is 5. The summed E-state index contributed by atoms with van der Waals surface area (Å²) in [6, 6.07) is 7.09. The second kappa shape index (κ2) is 8.87. The lowest BCUT2D eigenvalue weighted by molar-refractivity contribution is 0.100. The maximum atomic E-state index is 12.5. The molecule has 3 rings (SSSR count). The summed E-state index contributed by atoms with van der Waals surface area (Å²) in [7, 11) is 1.58. The van der Waals surface area contributed by atoms with Crippen molar-refractivity contribution in [1.82, 2.24) is 15.1 Å². The number of aromatic nitrogens is 2. The van der Waals surface area contributed by atoms with Crippen LogP contribution in [0, 0.1) is 11.3 Å². The van der Waals surface area contributed by atoms with Crippen LogP contribution in [0.5, 0.6) is 0 Å². The lowest BCUT2D eigenvalue weighted by Crippen LogP contribution is -2.39. The molecule has 1 aromatic heterocycles. The number of amides is 2. The van der Waals surface area contributed by atoms with E-state index < -0.39 is 0 Å². The van der Waals surface area contributed by atoms with Crippen molar-refractivity contribution >= 4 is 11.7 Å². The van der Waals surface area contributed by atoms with E-state index in [4.69, 9.17) is 9.47 Å². The first-order chi connectivity index (χ1) is 13.5. The zero-order chi connectivity index (χ0) is 20.1. The van der Waals surface area contributed by atoms with E-state index in [0.717, 1.165) is 17.5 Å². The summed E-state index contributed by atoms with van der Waals surface area (Å²) in [5, 5.41) is 19.4. The molecule has 1 aliphatic heterocycles. The highest BCUT2D eigenvalue weighted by molar-refractivity contribution is 5.89. The minimum absolute atomic E-state index is 0.145. The highest BCUT2D eigenvalue weighted by atomic mass is 16.5. The Kier molecular flexibility index (Phi) is 6.29. The number of anilines is 1. The van der Waals surface area contributed by atoms with E-state index in [1.165, 1.54) is 0 Å². The Morgan fingerprint density at radius 3 is 3.00 bits per heavy atom. The molecule has 0 bridgehead atoms. The Morgan fingerprint density at radius 2 is 2.32 bits per heavy atom. The fourth-order valence-electron chi connectivity index (χ4n) is 3.22. The first-order valence-corrected chi connectivity index (χ1v) is 9.27. The topological polar surface area (TPSA) is 101 Å². The molecule has 8 heteroatoms. The predicted octanol–water partition coefficient (Wildman–Crippen LogP) is 3.13. The molecule has 0 saturated carbocycles. The van der Waals surface area contributed by atoms with Crippen molar-refractivity contribution < 1.29 is 14.3 Å². The van der Waals surface area contributed by atoms with Crippen molar-refractivity contribution in [3.8, 4) is 6.07 Å². The highest BCUT2D eigenvalue weighted by Gasteiger charge is 2.32. The molecule has 2 atom stereocenters. The molecule has 2 heterocycles. The first kappa shape index (κ1) is 19.9. The number of hydrogen-bond donors (Lipinski definition) is 2. The number of ether oxygens (including phenoxy) is 2. The SMILES string of the molecule is COCc1ccc(NC(=O)N[C@@H]2CCO[C@H]2c2cnn(C(C)C)c2)cc1C#N. The number of rotatable bonds is 6. The van der Waals surface area contributed by atoms with E-state index in [0.29, 0.717) is 24.5 Å². The largest absolute Gasteiger partial charge is 0.380 e. The van der Waals surface area contributed by atoms with Crippen LogP contribution in [0.3, 0.4) is 0 Å². The summed E-state index contributed by atoms with van der Waals surface area (Å²) in [4.78, 5) is 12.5. The van der Waals surface area contributed by atoms with Gasteiger partial charge in [-0.25, -0.2) is 4.79 Å². The third kappa shape index (κ3) is 4.50. The van der Waals surface area contributed by atoms with E-state index in [1.807, 2.05) is 10.9 Å². The Labute approximate surface area is 164 Å². The molecule has 148 valence electrons. The highest BCUT2D eigenvalue weighted by Crippen LogP contribution is 2.29. The van der Waals surface area contributed by atoms with Crippen LogP contribution in [0.25, 0.3) is 0 Å². The van der Waals surface area contributed by atoms with Crippen molar-refractivity contribution in [3.63, 3.8) is 0 Å². The lowest BCUT2D eigenvalue weighted by atomic mass is 10.1. The maximum Gasteiger partial charge on any atom is 0.319 e. The van der Waals surface area contributed by atoms with E-state index >= 15 is 0 Å². The fourth-order valence-corrected chi connectivity index (χ4v) is 3.22. The molecule has 2 aromatic rings. The van der Waals surface area contributed by atoms with Crippen molar-refractivity contribution in [2.75, 3.05) is 19.0 Å². The number of benzene rings is 1. The summed E-state index contributed by atoms with van der Waals surface area (Å²) in [5.41, 5.74) is 2.76. The molecular weight excluding hydrogens is 358 g/mol. The number of nitrogens with zero attached hydrogens (tertiary/aromatic N) is 3. The van der Waals surface area contributed by atoms with Crippen LogP contribution in [0.15, 0.2) is 30.6 Å². The second-order valence-electron chi connectivity index (χ2n) is 7.05. The number of methoxy groups -OCH3 is 1. The zero-order valence-electron chi connectivity index (χ0n) is 16.3. The van der Waals surface area contributed by atoms with Gasteiger partial charge in [0.1, 0.15) is 6.10 Å². The van der Waals surface area contributed by atoms with Crippen LogP contribution in [-0.4, -0.2) is 35.6 Å². The van der Waals surface area contributed by atoms with Gasteiger partial charge in [0.25, 0.3) is 0 Å². The second-order valence-corrected chi connectivity index (χ2v) is 7.05. The monoisotopic (exact) mass is 383 g/mol. The average molecular weight is 383 g/mol. The number of nitriles is 1. The summed E-state index contributed by atoms with van der Waals surface area (Å²) < 4.78 is 12.8. The molecular formula is C20H25N5O3. The Bertz CT molecular complexity index is 871. The molecule has 2 N–H and O–H groups in total. The van der Waals surface area contributed by atoms with E-state index in [1.54, 1.807) is 31.5 Å². The van der Waals surface area contributed by atoms with E-state index in [9.17, 15) is 10.1 Å². The maximum absolute atomic E-state index is 12.5. The minimum atomic E-state index is -0.333. The fraction of sp³-hybridized carbons (Fsp3) is 0.450. The van der Waals surface area contributed by atoms with Crippen LogP contribution >= 0.6 is 0 Å². The van der Waals surface area contributed by atoms with Crippen molar-refractivity contribution in [1.29, 1.82) is 5.26 Å². The molecule has 1 fully saturated rings. The van der Waals surface area contributed by atoms with Gasteiger partial charge in [0.15, 0.2) is 0 Å². The molecule has 1 aromatic carbocycles. The van der Waals surface area contributed by atoms with Gasteiger partial charge in [-0.05, 0) is 38.0 Å².